The quantitative estimate of drug-likeness (QED) is 0.832. The third-order valence-corrected chi connectivity index (χ3v) is 3.95. The van der Waals surface area contributed by atoms with Crippen LogP contribution in [-0.2, 0) is 11.3 Å². The van der Waals surface area contributed by atoms with E-state index in [1.807, 2.05) is 0 Å². The first-order chi connectivity index (χ1) is 9.65. The van der Waals surface area contributed by atoms with Crippen LogP contribution in [0.25, 0.3) is 10.8 Å². The van der Waals surface area contributed by atoms with Crippen LogP contribution in [0.4, 0.5) is 0 Å². The zero-order chi connectivity index (χ0) is 14.3. The summed E-state index contributed by atoms with van der Waals surface area (Å²) in [6.07, 6.45) is 1.75. The highest BCUT2D eigenvalue weighted by Gasteiger charge is 2.27. The van der Waals surface area contributed by atoms with E-state index in [4.69, 9.17) is 0 Å². The van der Waals surface area contributed by atoms with Crippen LogP contribution < -0.4 is 11.1 Å². The lowest BCUT2D eigenvalue weighted by Crippen LogP contribution is -2.45. The van der Waals surface area contributed by atoms with Gasteiger partial charge in [-0.05, 0) is 25.0 Å². The molecular weight excluding hydrogens is 256 g/mol. The second-order valence-corrected chi connectivity index (χ2v) is 5.10. The molecule has 1 aromatic heterocycles. The summed E-state index contributed by atoms with van der Waals surface area (Å²) in [6.45, 7) is 2.28. The molecule has 1 aromatic carbocycles. The third kappa shape index (κ3) is 1.73. The molecule has 0 spiro atoms. The summed E-state index contributed by atoms with van der Waals surface area (Å²) in [4.78, 5) is 37.1. The van der Waals surface area contributed by atoms with Crippen molar-refractivity contribution in [1.29, 1.82) is 0 Å². The van der Waals surface area contributed by atoms with Gasteiger partial charge >= 0.3 is 0 Å². The number of hydrogen-bond donors (Lipinski definition) is 0. The van der Waals surface area contributed by atoms with E-state index in [1.165, 1.54) is 9.36 Å². The summed E-state index contributed by atoms with van der Waals surface area (Å²) in [6, 6.07) is 6.30. The van der Waals surface area contributed by atoms with Crippen molar-refractivity contribution in [3.63, 3.8) is 0 Å². The number of carbonyl (C=O) groups excluding carboxylic acids is 1. The predicted octanol–water partition coefficient (Wildman–Crippen LogP) is 1.48. The highest BCUT2D eigenvalue weighted by atomic mass is 16.2. The van der Waals surface area contributed by atoms with E-state index in [2.05, 4.69) is 0 Å². The Kier molecular flexibility index (Phi) is 3.04. The molecule has 0 saturated carbocycles. The van der Waals surface area contributed by atoms with Crippen LogP contribution in [0.15, 0.2) is 33.9 Å². The molecule has 1 aliphatic heterocycles. The molecule has 0 saturated heterocycles. The van der Waals surface area contributed by atoms with Crippen molar-refractivity contribution in [1.82, 2.24) is 9.36 Å². The first-order valence-corrected chi connectivity index (χ1v) is 6.92. The molecule has 0 amide bonds. The Balaban J connectivity index is 2.40. The van der Waals surface area contributed by atoms with Gasteiger partial charge < -0.3 is 0 Å². The van der Waals surface area contributed by atoms with Gasteiger partial charge in [-0.3, -0.25) is 14.4 Å². The molecule has 0 bridgehead atoms. The van der Waals surface area contributed by atoms with Gasteiger partial charge in [-0.25, -0.2) is 9.36 Å². The molecule has 20 heavy (non-hydrogen) atoms. The van der Waals surface area contributed by atoms with Gasteiger partial charge in [0.15, 0.2) is 5.78 Å². The predicted molar refractivity (Wildman–Crippen MR) is 76.0 cm³/mol. The molecule has 2 aromatic rings. The van der Waals surface area contributed by atoms with E-state index in [1.54, 1.807) is 31.2 Å². The Labute approximate surface area is 115 Å². The van der Waals surface area contributed by atoms with Crippen molar-refractivity contribution >= 4 is 16.6 Å². The number of fused-ring (bicyclic) bond motifs is 2. The number of benzene rings is 1. The van der Waals surface area contributed by atoms with Gasteiger partial charge in [0.25, 0.3) is 11.1 Å². The Bertz CT molecular complexity index is 801. The van der Waals surface area contributed by atoms with Crippen LogP contribution in [-0.4, -0.2) is 15.1 Å². The number of Topliss-reactive ketones (excluding diaryl/α,β-unsaturated/α-hetero) is 1. The van der Waals surface area contributed by atoms with E-state index in [-0.39, 0.29) is 16.9 Å². The summed E-state index contributed by atoms with van der Waals surface area (Å²) in [5.74, 6) is 0.00947. The largest absolute Gasteiger partial charge is 0.297 e. The fraction of sp³-hybridized carbons (Fsp3) is 0.400. The molecule has 1 aliphatic rings. The molecule has 0 radical (unpaired) electrons. The van der Waals surface area contributed by atoms with E-state index in [0.717, 1.165) is 6.42 Å². The molecule has 5 heteroatoms. The van der Waals surface area contributed by atoms with Crippen molar-refractivity contribution in [2.24, 2.45) is 0 Å². The van der Waals surface area contributed by atoms with Gasteiger partial charge in [-0.1, -0.05) is 19.1 Å². The third-order valence-electron chi connectivity index (χ3n) is 3.95. The molecule has 5 nitrogen and oxygen atoms in total. The monoisotopic (exact) mass is 272 g/mol. The fourth-order valence-electron chi connectivity index (χ4n) is 2.93. The Morgan fingerprint density at radius 2 is 1.85 bits per heavy atom. The average molecular weight is 272 g/mol. The lowest BCUT2D eigenvalue weighted by molar-refractivity contribution is -0.123. The number of hydrogen-bond acceptors (Lipinski definition) is 3. The molecular formula is C15H16N2O3. The van der Waals surface area contributed by atoms with Gasteiger partial charge in [-0.15, -0.1) is 0 Å². The number of aromatic nitrogens is 2. The SMILES string of the molecule is CCC(=O)C1CCCn2c(=O)c3ccccc3c(=O)n21. The maximum absolute atomic E-state index is 12.6. The van der Waals surface area contributed by atoms with Gasteiger partial charge in [0.05, 0.1) is 10.8 Å². The van der Waals surface area contributed by atoms with Crippen LogP contribution in [0.5, 0.6) is 0 Å². The van der Waals surface area contributed by atoms with E-state index in [0.29, 0.717) is 30.2 Å². The second-order valence-electron chi connectivity index (χ2n) is 5.10. The normalized spacial score (nSPS) is 17.9. The van der Waals surface area contributed by atoms with E-state index in [9.17, 15) is 14.4 Å². The summed E-state index contributed by atoms with van der Waals surface area (Å²) in [7, 11) is 0. The molecule has 0 aliphatic carbocycles. The summed E-state index contributed by atoms with van der Waals surface area (Å²) in [5, 5.41) is 0.822. The number of carbonyl (C=O) groups is 1. The van der Waals surface area contributed by atoms with Gasteiger partial charge in [0.1, 0.15) is 6.04 Å². The van der Waals surface area contributed by atoms with Gasteiger partial charge in [0, 0.05) is 13.0 Å². The summed E-state index contributed by atoms with van der Waals surface area (Å²) in [5.41, 5.74) is -0.430. The highest BCUT2D eigenvalue weighted by molar-refractivity contribution is 5.84. The summed E-state index contributed by atoms with van der Waals surface area (Å²) < 4.78 is 2.81. The molecule has 2 heterocycles. The minimum absolute atomic E-state index is 0.00947. The van der Waals surface area contributed by atoms with Crippen molar-refractivity contribution < 1.29 is 4.79 Å². The van der Waals surface area contributed by atoms with Crippen molar-refractivity contribution in [3.05, 3.63) is 45.0 Å². The van der Waals surface area contributed by atoms with Gasteiger partial charge in [0.2, 0.25) is 0 Å². The topological polar surface area (TPSA) is 61.1 Å². The Morgan fingerprint density at radius 3 is 2.50 bits per heavy atom. The maximum Gasteiger partial charge on any atom is 0.273 e. The molecule has 1 atom stereocenters. The van der Waals surface area contributed by atoms with E-state index >= 15 is 0 Å². The average Bonchev–Trinajstić information content (AvgIpc) is 2.51. The number of ketones is 1. The van der Waals surface area contributed by atoms with Crippen molar-refractivity contribution in [2.45, 2.75) is 38.8 Å². The van der Waals surface area contributed by atoms with Crippen molar-refractivity contribution in [3.8, 4) is 0 Å². The van der Waals surface area contributed by atoms with Crippen LogP contribution in [0.1, 0.15) is 32.2 Å². The lowest BCUT2D eigenvalue weighted by atomic mass is 10.0. The fourth-order valence-corrected chi connectivity index (χ4v) is 2.93. The van der Waals surface area contributed by atoms with Crippen molar-refractivity contribution in [2.75, 3.05) is 0 Å². The highest BCUT2D eigenvalue weighted by Crippen LogP contribution is 2.20. The molecule has 1 unspecified atom stereocenters. The standard InChI is InChI=1S/C15H16N2O3/c1-2-13(18)12-8-5-9-16-14(19)10-6-3-4-7-11(10)15(20)17(12)16/h3-4,6-7,12H,2,5,8-9H2,1H3. The summed E-state index contributed by atoms with van der Waals surface area (Å²) >= 11 is 0. The zero-order valence-corrected chi connectivity index (χ0v) is 11.3. The van der Waals surface area contributed by atoms with Crippen LogP contribution in [0, 0.1) is 0 Å². The smallest absolute Gasteiger partial charge is 0.273 e. The number of rotatable bonds is 2. The second kappa shape index (κ2) is 4.74. The lowest BCUT2D eigenvalue weighted by Gasteiger charge is -2.28. The first-order valence-electron chi connectivity index (χ1n) is 6.92. The Morgan fingerprint density at radius 1 is 1.20 bits per heavy atom. The molecule has 3 rings (SSSR count). The molecule has 0 fully saturated rings. The van der Waals surface area contributed by atoms with Gasteiger partial charge in [-0.2, -0.15) is 0 Å². The molecule has 104 valence electrons. The Hall–Kier alpha value is -2.17. The minimum atomic E-state index is -0.501. The minimum Gasteiger partial charge on any atom is -0.297 e. The zero-order valence-electron chi connectivity index (χ0n) is 11.3. The number of nitrogens with zero attached hydrogens (tertiary/aromatic N) is 2. The maximum atomic E-state index is 12.6. The molecule has 0 N–H and O–H groups in total. The first kappa shape index (κ1) is 12.8. The van der Waals surface area contributed by atoms with Crippen LogP contribution >= 0.6 is 0 Å². The van der Waals surface area contributed by atoms with Crippen LogP contribution in [0.2, 0.25) is 0 Å². The van der Waals surface area contributed by atoms with E-state index < -0.39 is 6.04 Å². The van der Waals surface area contributed by atoms with Crippen LogP contribution in [0.3, 0.4) is 0 Å².